The maximum Gasteiger partial charge on any atom is 0.348 e. The molecular weight excluding hydrogens is 312 g/mol. The molecule has 1 heterocycles. The first-order valence-corrected chi connectivity index (χ1v) is 8.31. The minimum atomic E-state index is -0.791. The van der Waals surface area contributed by atoms with Gasteiger partial charge in [0, 0.05) is 4.70 Å². The fourth-order valence-electron chi connectivity index (χ4n) is 2.83. The van der Waals surface area contributed by atoms with Crippen LogP contribution in [0.25, 0.3) is 10.1 Å². The van der Waals surface area contributed by atoms with Crippen LogP contribution in [0.15, 0.2) is 30.3 Å². The van der Waals surface area contributed by atoms with Crippen molar-refractivity contribution >= 4 is 33.3 Å². The Kier molecular flexibility index (Phi) is 4.30. The lowest BCUT2D eigenvalue weighted by Gasteiger charge is -2.21. The smallest absolute Gasteiger partial charge is 0.348 e. The summed E-state index contributed by atoms with van der Waals surface area (Å²) in [6, 6.07) is 11.6. The van der Waals surface area contributed by atoms with Crippen LogP contribution in [0.3, 0.4) is 0 Å². The number of rotatable bonds is 4. The Hall–Kier alpha value is -2.39. The van der Waals surface area contributed by atoms with Gasteiger partial charge in [-0.1, -0.05) is 18.2 Å². The van der Waals surface area contributed by atoms with Gasteiger partial charge in [-0.25, -0.2) is 4.79 Å². The van der Waals surface area contributed by atoms with Gasteiger partial charge in [0.05, 0.1) is 6.07 Å². The Labute approximate surface area is 137 Å². The van der Waals surface area contributed by atoms with Crippen molar-refractivity contribution in [1.82, 2.24) is 5.32 Å². The van der Waals surface area contributed by atoms with Crippen LogP contribution < -0.4 is 5.32 Å². The normalized spacial score (nSPS) is 16.0. The van der Waals surface area contributed by atoms with Gasteiger partial charge in [-0.3, -0.25) is 4.79 Å². The van der Waals surface area contributed by atoms with Crippen molar-refractivity contribution in [3.8, 4) is 6.07 Å². The molecule has 1 aliphatic carbocycles. The molecule has 0 aliphatic heterocycles. The summed E-state index contributed by atoms with van der Waals surface area (Å²) in [6.45, 7) is -0.365. The van der Waals surface area contributed by atoms with Gasteiger partial charge in [0.25, 0.3) is 5.91 Å². The van der Waals surface area contributed by atoms with E-state index in [1.54, 1.807) is 6.07 Å². The van der Waals surface area contributed by atoms with Crippen molar-refractivity contribution in [2.45, 2.75) is 31.2 Å². The zero-order valence-corrected chi connectivity index (χ0v) is 13.3. The standard InChI is InChI=1S/C17H16N2O3S/c18-11-17(7-3-4-8-17)19-15(20)10-22-16(21)14-9-12-5-1-2-6-13(12)23-14/h1-2,5-6,9H,3-4,7-8,10H2,(H,19,20). The van der Waals surface area contributed by atoms with Crippen LogP contribution in [0.4, 0.5) is 0 Å². The summed E-state index contributed by atoms with van der Waals surface area (Å²) in [5.74, 6) is -0.943. The minimum Gasteiger partial charge on any atom is -0.451 e. The van der Waals surface area contributed by atoms with E-state index >= 15 is 0 Å². The molecule has 0 spiro atoms. The van der Waals surface area contributed by atoms with Crippen molar-refractivity contribution in [1.29, 1.82) is 5.26 Å². The van der Waals surface area contributed by atoms with Crippen molar-refractivity contribution in [2.75, 3.05) is 6.61 Å². The maximum absolute atomic E-state index is 12.0. The highest BCUT2D eigenvalue weighted by Crippen LogP contribution is 2.29. The topological polar surface area (TPSA) is 79.2 Å². The van der Waals surface area contributed by atoms with Gasteiger partial charge < -0.3 is 10.1 Å². The Bertz CT molecular complexity index is 751. The van der Waals surface area contributed by atoms with Crippen molar-refractivity contribution in [3.05, 3.63) is 35.2 Å². The van der Waals surface area contributed by atoms with Crippen LogP contribution in [0.1, 0.15) is 35.4 Å². The molecule has 6 heteroatoms. The lowest BCUT2D eigenvalue weighted by atomic mass is 10.00. The van der Waals surface area contributed by atoms with Gasteiger partial charge in [-0.15, -0.1) is 11.3 Å². The number of hydrogen-bond donors (Lipinski definition) is 1. The van der Waals surface area contributed by atoms with E-state index in [9.17, 15) is 14.9 Å². The number of esters is 1. The number of amides is 1. The molecule has 1 saturated carbocycles. The van der Waals surface area contributed by atoms with Crippen LogP contribution >= 0.6 is 11.3 Å². The van der Waals surface area contributed by atoms with Crippen LogP contribution in [0.2, 0.25) is 0 Å². The van der Waals surface area contributed by atoms with E-state index in [0.717, 1.165) is 22.9 Å². The fourth-order valence-corrected chi connectivity index (χ4v) is 3.79. The number of hydrogen-bond acceptors (Lipinski definition) is 5. The number of nitrogens with zero attached hydrogens (tertiary/aromatic N) is 1. The summed E-state index contributed by atoms with van der Waals surface area (Å²) in [7, 11) is 0. The molecule has 5 nitrogen and oxygen atoms in total. The predicted molar refractivity (Wildman–Crippen MR) is 87.1 cm³/mol. The largest absolute Gasteiger partial charge is 0.451 e. The van der Waals surface area contributed by atoms with Gasteiger partial charge >= 0.3 is 5.97 Å². The molecule has 1 N–H and O–H groups in total. The first kappa shape index (κ1) is 15.5. The van der Waals surface area contributed by atoms with Crippen LogP contribution in [-0.4, -0.2) is 24.0 Å². The van der Waals surface area contributed by atoms with Gasteiger partial charge in [-0.2, -0.15) is 5.26 Å². The van der Waals surface area contributed by atoms with E-state index < -0.39 is 17.4 Å². The molecular formula is C17H16N2O3S. The number of benzene rings is 1. The molecule has 1 aromatic carbocycles. The Morgan fingerprint density at radius 3 is 2.74 bits per heavy atom. The molecule has 1 aromatic heterocycles. The van der Waals surface area contributed by atoms with Gasteiger partial charge in [-0.05, 0) is 43.2 Å². The number of thiophene rings is 1. The SMILES string of the molecule is N#CC1(NC(=O)COC(=O)c2cc3ccccc3s2)CCCC1. The molecule has 3 rings (SSSR count). The van der Waals surface area contributed by atoms with E-state index in [2.05, 4.69) is 11.4 Å². The van der Waals surface area contributed by atoms with Gasteiger partial charge in [0.15, 0.2) is 6.61 Å². The summed E-state index contributed by atoms with van der Waals surface area (Å²) in [4.78, 5) is 24.5. The van der Waals surface area contributed by atoms with E-state index in [0.29, 0.717) is 17.7 Å². The number of carbonyl (C=O) groups excluding carboxylic acids is 2. The first-order chi connectivity index (χ1) is 11.1. The lowest BCUT2D eigenvalue weighted by Crippen LogP contribution is -2.46. The molecule has 23 heavy (non-hydrogen) atoms. The summed E-state index contributed by atoms with van der Waals surface area (Å²) in [5, 5.41) is 12.9. The average molecular weight is 328 g/mol. The highest BCUT2D eigenvalue weighted by Gasteiger charge is 2.35. The number of fused-ring (bicyclic) bond motifs is 1. The molecule has 1 aliphatic rings. The second-order valence-electron chi connectivity index (χ2n) is 5.67. The van der Waals surface area contributed by atoms with E-state index in [1.165, 1.54) is 11.3 Å². The van der Waals surface area contributed by atoms with Gasteiger partial charge in [0.2, 0.25) is 0 Å². The number of nitrogens with one attached hydrogen (secondary N) is 1. The van der Waals surface area contributed by atoms with Crippen LogP contribution in [0.5, 0.6) is 0 Å². The number of nitriles is 1. The molecule has 0 radical (unpaired) electrons. The highest BCUT2D eigenvalue weighted by atomic mass is 32.1. The molecule has 0 saturated heterocycles. The second-order valence-corrected chi connectivity index (χ2v) is 6.76. The summed E-state index contributed by atoms with van der Waals surface area (Å²) >= 11 is 1.34. The fraction of sp³-hybridized carbons (Fsp3) is 0.353. The highest BCUT2D eigenvalue weighted by molar-refractivity contribution is 7.20. The van der Waals surface area contributed by atoms with E-state index in [4.69, 9.17) is 4.74 Å². The predicted octanol–water partition coefficient (Wildman–Crippen LogP) is 3.01. The Balaban J connectivity index is 1.58. The maximum atomic E-state index is 12.0. The molecule has 118 valence electrons. The molecule has 2 aromatic rings. The molecule has 0 unspecified atom stereocenters. The molecule has 1 fully saturated rings. The van der Waals surface area contributed by atoms with E-state index in [-0.39, 0.29) is 6.61 Å². The number of ether oxygens (including phenoxy) is 1. The number of carbonyl (C=O) groups is 2. The third-order valence-corrected chi connectivity index (χ3v) is 5.11. The molecule has 0 atom stereocenters. The lowest BCUT2D eigenvalue weighted by molar-refractivity contribution is -0.125. The van der Waals surface area contributed by atoms with Crippen molar-refractivity contribution in [2.24, 2.45) is 0 Å². The molecule has 0 bridgehead atoms. The zero-order valence-electron chi connectivity index (χ0n) is 12.5. The van der Waals surface area contributed by atoms with Crippen LogP contribution in [-0.2, 0) is 9.53 Å². The van der Waals surface area contributed by atoms with E-state index in [1.807, 2.05) is 24.3 Å². The third-order valence-electron chi connectivity index (χ3n) is 4.01. The van der Waals surface area contributed by atoms with Crippen LogP contribution in [0, 0.1) is 11.3 Å². The third kappa shape index (κ3) is 3.35. The summed E-state index contributed by atoms with van der Waals surface area (Å²) < 4.78 is 6.07. The Morgan fingerprint density at radius 2 is 2.04 bits per heavy atom. The Morgan fingerprint density at radius 1 is 1.30 bits per heavy atom. The van der Waals surface area contributed by atoms with Gasteiger partial charge in [0.1, 0.15) is 10.4 Å². The second kappa shape index (κ2) is 6.39. The minimum absolute atomic E-state index is 0.365. The monoisotopic (exact) mass is 328 g/mol. The van der Waals surface area contributed by atoms with Crippen molar-refractivity contribution in [3.63, 3.8) is 0 Å². The van der Waals surface area contributed by atoms with Crippen molar-refractivity contribution < 1.29 is 14.3 Å². The summed E-state index contributed by atoms with van der Waals surface area (Å²) in [5.41, 5.74) is -0.791. The zero-order chi connectivity index (χ0) is 16.3. The molecule has 1 amide bonds. The quantitative estimate of drug-likeness (QED) is 0.875. The first-order valence-electron chi connectivity index (χ1n) is 7.50. The average Bonchev–Trinajstić information content (AvgIpc) is 3.19. The summed E-state index contributed by atoms with van der Waals surface area (Å²) in [6.07, 6.45) is 3.16.